The van der Waals surface area contributed by atoms with Crippen LogP contribution in [0.4, 0.5) is 11.4 Å². The van der Waals surface area contributed by atoms with Crippen LogP contribution in [0.15, 0.2) is 18.3 Å². The number of piperazine rings is 1. The summed E-state index contributed by atoms with van der Waals surface area (Å²) in [7, 11) is 3.09. The maximum absolute atomic E-state index is 11.5. The minimum absolute atomic E-state index is 0.0291. The van der Waals surface area contributed by atoms with Gasteiger partial charge in [0.15, 0.2) is 5.75 Å². The molecule has 26 heavy (non-hydrogen) atoms. The van der Waals surface area contributed by atoms with Crippen molar-refractivity contribution in [3.05, 3.63) is 34.0 Å². The van der Waals surface area contributed by atoms with E-state index in [9.17, 15) is 14.9 Å². The van der Waals surface area contributed by atoms with Gasteiger partial charge in [-0.05, 0) is 0 Å². The average molecular weight is 361 g/mol. The van der Waals surface area contributed by atoms with Crippen LogP contribution in [0.2, 0.25) is 0 Å². The fourth-order valence-corrected chi connectivity index (χ4v) is 2.97. The van der Waals surface area contributed by atoms with Crippen LogP contribution in [0.25, 0.3) is 5.57 Å². The first-order chi connectivity index (χ1) is 12.4. The Balaban J connectivity index is 2.52. The third-order valence-corrected chi connectivity index (χ3v) is 4.33. The van der Waals surface area contributed by atoms with Crippen LogP contribution in [-0.2, 0) is 4.79 Å². The molecule has 1 fully saturated rings. The summed E-state index contributed by atoms with van der Waals surface area (Å²) in [5.41, 5.74) is 1.67. The van der Waals surface area contributed by atoms with Crippen molar-refractivity contribution in [3.8, 4) is 5.75 Å². The van der Waals surface area contributed by atoms with Gasteiger partial charge in [-0.1, -0.05) is 0 Å². The van der Waals surface area contributed by atoms with Gasteiger partial charge in [-0.15, -0.1) is 0 Å². The normalized spacial score (nSPS) is 14.8. The lowest BCUT2D eigenvalue weighted by molar-refractivity contribution is -0.385. The van der Waals surface area contributed by atoms with Crippen molar-refractivity contribution < 1.29 is 14.5 Å². The van der Waals surface area contributed by atoms with Gasteiger partial charge in [0.2, 0.25) is 5.91 Å². The summed E-state index contributed by atoms with van der Waals surface area (Å²) in [6, 6.07) is 3.06. The highest BCUT2D eigenvalue weighted by molar-refractivity contribution is 6.11. The van der Waals surface area contributed by atoms with Gasteiger partial charge in [0.05, 0.1) is 12.0 Å². The highest BCUT2D eigenvalue weighted by Gasteiger charge is 2.26. The maximum atomic E-state index is 11.5. The lowest BCUT2D eigenvalue weighted by atomic mass is 10.0. The second kappa shape index (κ2) is 8.32. The Morgan fingerprint density at radius 3 is 2.46 bits per heavy atom. The molecule has 0 unspecified atom stereocenters. The first kappa shape index (κ1) is 19.2. The van der Waals surface area contributed by atoms with Crippen LogP contribution in [0.5, 0.6) is 5.75 Å². The van der Waals surface area contributed by atoms with Crippen LogP contribution in [0.3, 0.4) is 0 Å². The fourth-order valence-electron chi connectivity index (χ4n) is 2.97. The molecule has 0 radical (unpaired) electrons. The molecule has 1 aromatic carbocycles. The summed E-state index contributed by atoms with van der Waals surface area (Å²) in [5.74, 6) is 0.193. The molecule has 1 aromatic rings. The third-order valence-electron chi connectivity index (χ3n) is 4.33. The van der Waals surface area contributed by atoms with E-state index < -0.39 is 4.92 Å². The highest BCUT2D eigenvalue weighted by Crippen LogP contribution is 2.38. The summed E-state index contributed by atoms with van der Waals surface area (Å²) in [6.07, 6.45) is 2.77. The van der Waals surface area contributed by atoms with Crippen molar-refractivity contribution in [2.45, 2.75) is 6.92 Å². The number of nitrogens with zero attached hydrogens (tertiary/aromatic N) is 3. The number of nitrogens with one attached hydrogen (secondary N) is 2. The van der Waals surface area contributed by atoms with Crippen LogP contribution in [0.1, 0.15) is 12.5 Å². The van der Waals surface area contributed by atoms with Crippen LogP contribution in [-0.4, -0.2) is 62.3 Å². The van der Waals surface area contributed by atoms with E-state index in [1.165, 1.54) is 13.2 Å². The molecule has 1 amide bonds. The van der Waals surface area contributed by atoms with Crippen molar-refractivity contribution in [2.24, 2.45) is 0 Å². The molecular formula is C17H23N5O4. The van der Waals surface area contributed by atoms with E-state index in [1.807, 2.05) is 4.90 Å². The molecule has 1 saturated heterocycles. The first-order valence-corrected chi connectivity index (χ1v) is 8.18. The molecule has 1 aliphatic rings. The molecule has 0 saturated carbocycles. The Labute approximate surface area is 151 Å². The molecule has 9 nitrogen and oxygen atoms in total. The zero-order valence-corrected chi connectivity index (χ0v) is 15.1. The number of carbonyl (C=O) groups excluding carboxylic acids is 1. The van der Waals surface area contributed by atoms with Crippen molar-refractivity contribution in [1.82, 2.24) is 10.2 Å². The Hall–Kier alpha value is -3.10. The number of nitro benzene ring substituents is 1. The van der Waals surface area contributed by atoms with Gasteiger partial charge >= 0.3 is 5.69 Å². The predicted molar refractivity (Wildman–Crippen MR) is 99.9 cm³/mol. The van der Waals surface area contributed by atoms with Gasteiger partial charge in [0.25, 0.3) is 0 Å². The SMILES string of the molecule is CN/C=C(\C=N)c1cc([N+](=O)[O-])c(OC)cc1N1CCN(C(C)=O)CC1. The number of anilines is 1. The standard InChI is InChI=1S/C17H23N5O4/c1-12(23)20-4-6-21(7-5-20)15-9-17(26-3)16(22(24)25)8-14(15)13(10-18)11-19-2/h8-11,18-19H,4-7H2,1-3H3/b13-11+,18-10?. The van der Waals surface area contributed by atoms with Crippen molar-refractivity contribution in [2.75, 3.05) is 45.2 Å². The number of methoxy groups -OCH3 is 1. The minimum Gasteiger partial charge on any atom is -0.490 e. The number of nitro groups is 1. The number of rotatable bonds is 6. The molecule has 0 bridgehead atoms. The zero-order chi connectivity index (χ0) is 19.3. The van der Waals surface area contributed by atoms with Crippen molar-refractivity contribution in [1.29, 1.82) is 5.41 Å². The Morgan fingerprint density at radius 2 is 2.00 bits per heavy atom. The second-order valence-corrected chi connectivity index (χ2v) is 5.82. The molecule has 0 aliphatic carbocycles. The Morgan fingerprint density at radius 1 is 1.35 bits per heavy atom. The van der Waals surface area contributed by atoms with E-state index >= 15 is 0 Å². The fraction of sp³-hybridized carbons (Fsp3) is 0.412. The van der Waals surface area contributed by atoms with Crippen LogP contribution >= 0.6 is 0 Å². The summed E-state index contributed by atoms with van der Waals surface area (Å²) >= 11 is 0. The molecule has 0 aromatic heterocycles. The zero-order valence-electron chi connectivity index (χ0n) is 15.1. The Bertz CT molecular complexity index is 739. The quantitative estimate of drug-likeness (QED) is 0.451. The molecule has 2 rings (SSSR count). The Kier molecular flexibility index (Phi) is 6.16. The molecule has 2 N–H and O–H groups in total. The topological polar surface area (TPSA) is 112 Å². The number of carbonyl (C=O) groups is 1. The van der Waals surface area contributed by atoms with Crippen molar-refractivity contribution >= 4 is 29.1 Å². The largest absolute Gasteiger partial charge is 0.490 e. The number of hydrogen-bond donors (Lipinski definition) is 2. The number of hydrogen-bond acceptors (Lipinski definition) is 7. The molecular weight excluding hydrogens is 338 g/mol. The summed E-state index contributed by atoms with van der Waals surface area (Å²) in [4.78, 5) is 26.2. The number of allylic oxidation sites excluding steroid dienone is 1. The van der Waals surface area contributed by atoms with Crippen LogP contribution in [0, 0.1) is 15.5 Å². The van der Waals surface area contributed by atoms with E-state index in [1.54, 1.807) is 31.1 Å². The first-order valence-electron chi connectivity index (χ1n) is 8.18. The van der Waals surface area contributed by atoms with Crippen molar-refractivity contribution in [3.63, 3.8) is 0 Å². The van der Waals surface area contributed by atoms with E-state index in [0.29, 0.717) is 37.3 Å². The van der Waals surface area contributed by atoms with E-state index in [4.69, 9.17) is 10.1 Å². The van der Waals surface area contributed by atoms with E-state index in [2.05, 4.69) is 5.32 Å². The predicted octanol–water partition coefficient (Wildman–Crippen LogP) is 1.48. The molecule has 1 aliphatic heterocycles. The lowest BCUT2D eigenvalue weighted by Crippen LogP contribution is -2.48. The molecule has 140 valence electrons. The smallest absolute Gasteiger partial charge is 0.311 e. The number of ether oxygens (including phenoxy) is 1. The minimum atomic E-state index is -0.499. The maximum Gasteiger partial charge on any atom is 0.311 e. The number of benzene rings is 1. The van der Waals surface area contributed by atoms with E-state index in [-0.39, 0.29) is 17.3 Å². The molecule has 0 spiro atoms. The second-order valence-electron chi connectivity index (χ2n) is 5.82. The van der Waals surface area contributed by atoms with Gasteiger partial charge in [0.1, 0.15) is 0 Å². The van der Waals surface area contributed by atoms with Gasteiger partial charge in [-0.3, -0.25) is 14.9 Å². The van der Waals surface area contributed by atoms with E-state index in [0.717, 1.165) is 11.9 Å². The van der Waals surface area contributed by atoms with Gasteiger partial charge in [-0.2, -0.15) is 0 Å². The monoisotopic (exact) mass is 361 g/mol. The summed E-state index contributed by atoms with van der Waals surface area (Å²) < 4.78 is 5.20. The average Bonchev–Trinajstić information content (AvgIpc) is 2.65. The van der Waals surface area contributed by atoms with Crippen LogP contribution < -0.4 is 15.0 Å². The summed E-state index contributed by atoms with van der Waals surface area (Å²) in [5, 5.41) is 21.9. The molecule has 1 heterocycles. The number of amides is 1. The third kappa shape index (κ3) is 3.93. The summed E-state index contributed by atoms with van der Waals surface area (Å²) in [6.45, 7) is 3.88. The highest BCUT2D eigenvalue weighted by atomic mass is 16.6. The van der Waals surface area contributed by atoms with Gasteiger partial charge in [0, 0.05) is 81.5 Å². The lowest BCUT2D eigenvalue weighted by Gasteiger charge is -2.36. The van der Waals surface area contributed by atoms with Gasteiger partial charge < -0.3 is 25.3 Å². The van der Waals surface area contributed by atoms with Gasteiger partial charge in [-0.25, -0.2) is 0 Å². The molecule has 9 heteroatoms. The molecule has 0 atom stereocenters.